The molecule has 0 aliphatic carbocycles. The van der Waals surface area contributed by atoms with Crippen molar-refractivity contribution in [3.63, 3.8) is 0 Å². The Morgan fingerprint density at radius 1 is 1.42 bits per heavy atom. The molecule has 2 aliphatic rings. The molecule has 0 bridgehead atoms. The number of carbonyl (C=O) groups is 1. The largest absolute Gasteiger partial charge is 0.508 e. The van der Waals surface area contributed by atoms with Gasteiger partial charge in [0.25, 0.3) is 0 Å². The van der Waals surface area contributed by atoms with Crippen molar-refractivity contribution in [3.05, 3.63) is 27.7 Å². The van der Waals surface area contributed by atoms with E-state index in [0.29, 0.717) is 28.6 Å². The molecule has 2 saturated heterocycles. The summed E-state index contributed by atoms with van der Waals surface area (Å²) in [4.78, 5) is 13.0. The fourth-order valence-electron chi connectivity index (χ4n) is 3.44. The lowest BCUT2D eigenvalue weighted by Gasteiger charge is -2.19. The van der Waals surface area contributed by atoms with Crippen molar-refractivity contribution < 1.29 is 24.9 Å². The highest BCUT2D eigenvalue weighted by molar-refractivity contribution is 6.42. The highest BCUT2D eigenvalue weighted by Crippen LogP contribution is 2.45. The summed E-state index contributed by atoms with van der Waals surface area (Å²) in [5, 5.41) is 32.2. The van der Waals surface area contributed by atoms with Gasteiger partial charge in [-0.3, -0.25) is 4.79 Å². The van der Waals surface area contributed by atoms with Gasteiger partial charge in [0.15, 0.2) is 0 Å². The van der Waals surface area contributed by atoms with Gasteiger partial charge < -0.3 is 25.4 Å². The van der Waals surface area contributed by atoms with Crippen LogP contribution >= 0.6 is 23.2 Å². The Balaban J connectivity index is 1.76. The Morgan fingerprint density at radius 3 is 2.88 bits per heavy atom. The van der Waals surface area contributed by atoms with Gasteiger partial charge in [0.05, 0.1) is 16.1 Å². The van der Waals surface area contributed by atoms with Gasteiger partial charge in [0.1, 0.15) is 12.4 Å². The Kier molecular flexibility index (Phi) is 5.19. The van der Waals surface area contributed by atoms with E-state index < -0.39 is 25.0 Å². The van der Waals surface area contributed by atoms with E-state index in [1.807, 2.05) is 0 Å². The van der Waals surface area contributed by atoms with Gasteiger partial charge in [-0.2, -0.15) is 0 Å². The van der Waals surface area contributed by atoms with E-state index in [4.69, 9.17) is 33.0 Å². The molecule has 1 unspecified atom stereocenters. The van der Waals surface area contributed by atoms with Crippen molar-refractivity contribution in [2.45, 2.75) is 30.9 Å². The second kappa shape index (κ2) is 7.03. The fraction of sp³-hybridized carbons (Fsp3) is 0.533. The number of ether oxygens (including phenoxy) is 1. The number of nitrogens with one attached hydrogen (secondary N) is 1. The van der Waals surface area contributed by atoms with Crippen molar-refractivity contribution in [2.24, 2.45) is 0 Å². The van der Waals surface area contributed by atoms with Crippen molar-refractivity contribution >= 4 is 29.1 Å². The summed E-state index contributed by atoms with van der Waals surface area (Å²) in [5.41, 5.74) is 0.559. The minimum Gasteiger partial charge on any atom is -0.508 e. The molecule has 7 nitrogen and oxygen atoms in total. The number of aliphatic hydroxyl groups is 2. The molecule has 2 fully saturated rings. The normalized spacial score (nSPS) is 29.7. The first kappa shape index (κ1) is 17.7. The second-order valence-corrected chi connectivity index (χ2v) is 6.74. The number of aliphatic hydroxyl groups excluding tert-OH is 2. The van der Waals surface area contributed by atoms with Crippen LogP contribution in [0.2, 0.25) is 10.0 Å². The molecule has 4 atom stereocenters. The zero-order valence-electron chi connectivity index (χ0n) is 12.7. The minimum atomic E-state index is -1.09. The molecular formula is C15H18Cl2N2O5. The van der Waals surface area contributed by atoms with Crippen LogP contribution in [0.3, 0.4) is 0 Å². The van der Waals surface area contributed by atoms with Gasteiger partial charge >= 0.3 is 0 Å². The van der Waals surface area contributed by atoms with Crippen LogP contribution in [0.4, 0.5) is 0 Å². The number of hydrogen-bond donors (Lipinski definition) is 4. The fourth-order valence-corrected chi connectivity index (χ4v) is 3.92. The maximum atomic E-state index is 11.2. The molecule has 0 radical (unpaired) electrons. The Morgan fingerprint density at radius 2 is 2.17 bits per heavy atom. The number of phenolic OH excluding ortho intramolecular Hbond substituents is 1. The lowest BCUT2D eigenvalue weighted by molar-refractivity contribution is -0.149. The summed E-state index contributed by atoms with van der Waals surface area (Å²) in [6, 6.07) is 2.89. The number of hydrogen-bond acceptors (Lipinski definition) is 6. The van der Waals surface area contributed by atoms with E-state index in [9.17, 15) is 15.0 Å². The number of phenols is 1. The summed E-state index contributed by atoms with van der Waals surface area (Å²) >= 11 is 12.3. The zero-order chi connectivity index (χ0) is 17.4. The van der Waals surface area contributed by atoms with Crippen LogP contribution in [0.15, 0.2) is 12.1 Å². The molecule has 2 aliphatic heterocycles. The number of carbonyl (C=O) groups excluding carboxylic acids is 1. The third kappa shape index (κ3) is 3.20. The van der Waals surface area contributed by atoms with Gasteiger partial charge in [0, 0.05) is 30.6 Å². The predicted molar refractivity (Wildman–Crippen MR) is 87.0 cm³/mol. The molecule has 4 N–H and O–H groups in total. The van der Waals surface area contributed by atoms with Crippen molar-refractivity contribution in [3.8, 4) is 5.75 Å². The van der Waals surface area contributed by atoms with Crippen LogP contribution < -0.4 is 5.32 Å². The van der Waals surface area contributed by atoms with Crippen molar-refractivity contribution in [1.82, 2.24) is 10.2 Å². The maximum absolute atomic E-state index is 11.2. The number of fused-ring (bicyclic) bond motifs is 1. The van der Waals surface area contributed by atoms with E-state index in [1.54, 1.807) is 4.90 Å². The summed E-state index contributed by atoms with van der Waals surface area (Å²) in [5.74, 6) is -0.552. The Hall–Kier alpha value is -1.09. The molecule has 1 amide bonds. The monoisotopic (exact) mass is 376 g/mol. The number of rotatable bonds is 4. The summed E-state index contributed by atoms with van der Waals surface area (Å²) in [6.45, 7) is 0.0295. The smallest absolute Gasteiger partial charge is 0.245 e. The van der Waals surface area contributed by atoms with Gasteiger partial charge in [-0.05, 0) is 18.6 Å². The predicted octanol–water partition coefficient (Wildman–Crippen LogP) is 0.640. The van der Waals surface area contributed by atoms with Gasteiger partial charge in [0.2, 0.25) is 12.3 Å². The van der Waals surface area contributed by atoms with Gasteiger partial charge in [-0.25, -0.2) is 4.90 Å². The number of nitrogens with zero attached hydrogens (tertiary/aromatic N) is 1. The highest BCUT2D eigenvalue weighted by atomic mass is 35.5. The van der Waals surface area contributed by atoms with Crippen LogP contribution in [0.25, 0.3) is 0 Å². The first-order valence-corrected chi connectivity index (χ1v) is 8.31. The standard InChI is InChI=1S/C15H18Cl2N2O5/c16-8-1-2-10(21)13(14(8)17)7-3-9-11(4-18-12(22)6-20)24-15(23)19(9)5-7/h1-2,7,9,11,15,20-21,23H,3-6H2,(H,18,22)/t7-,9-,11+,15?/m0/s1. The average Bonchev–Trinajstić information content (AvgIpc) is 3.10. The van der Waals surface area contributed by atoms with Crippen LogP contribution in [0.1, 0.15) is 17.9 Å². The van der Waals surface area contributed by atoms with E-state index in [0.717, 1.165) is 0 Å². The lowest BCUT2D eigenvalue weighted by Crippen LogP contribution is -2.40. The van der Waals surface area contributed by atoms with E-state index in [1.165, 1.54) is 12.1 Å². The molecule has 1 aromatic rings. The van der Waals surface area contributed by atoms with E-state index in [2.05, 4.69) is 5.32 Å². The minimum absolute atomic E-state index is 0.0658. The summed E-state index contributed by atoms with van der Waals surface area (Å²) in [7, 11) is 0. The molecular weight excluding hydrogens is 359 g/mol. The van der Waals surface area contributed by atoms with Gasteiger partial charge in [-0.15, -0.1) is 0 Å². The quantitative estimate of drug-likeness (QED) is 0.614. The zero-order valence-corrected chi connectivity index (χ0v) is 14.2. The maximum Gasteiger partial charge on any atom is 0.245 e. The van der Waals surface area contributed by atoms with Crippen LogP contribution in [0.5, 0.6) is 5.75 Å². The third-order valence-electron chi connectivity index (χ3n) is 4.55. The van der Waals surface area contributed by atoms with Gasteiger partial charge in [-0.1, -0.05) is 23.2 Å². The van der Waals surface area contributed by atoms with E-state index >= 15 is 0 Å². The average molecular weight is 377 g/mol. The molecule has 3 rings (SSSR count). The Labute approximate surface area is 148 Å². The highest BCUT2D eigenvalue weighted by Gasteiger charge is 2.48. The molecule has 9 heteroatoms. The lowest BCUT2D eigenvalue weighted by atomic mass is 9.93. The number of benzene rings is 1. The van der Waals surface area contributed by atoms with E-state index in [-0.39, 0.29) is 24.3 Å². The molecule has 0 spiro atoms. The first-order valence-electron chi connectivity index (χ1n) is 7.56. The Bertz CT molecular complexity index is 645. The number of aromatic hydroxyl groups is 1. The number of amides is 1. The van der Waals surface area contributed by atoms with Crippen LogP contribution in [-0.4, -0.2) is 64.4 Å². The third-order valence-corrected chi connectivity index (χ3v) is 5.37. The SMILES string of the molecule is O=C(CO)NC[C@H]1OC(O)N2C[C@@H](c3c(O)ccc(Cl)c3Cl)C[C@@H]12. The topological polar surface area (TPSA) is 102 Å². The van der Waals surface area contributed by atoms with Crippen molar-refractivity contribution in [1.29, 1.82) is 0 Å². The van der Waals surface area contributed by atoms with Crippen LogP contribution in [-0.2, 0) is 9.53 Å². The summed E-state index contributed by atoms with van der Waals surface area (Å²) in [6.07, 6.45) is -0.915. The molecule has 24 heavy (non-hydrogen) atoms. The molecule has 132 valence electrons. The first-order chi connectivity index (χ1) is 11.4. The second-order valence-electron chi connectivity index (χ2n) is 5.95. The molecule has 1 aromatic carbocycles. The number of halogens is 2. The van der Waals surface area contributed by atoms with Crippen molar-refractivity contribution in [2.75, 3.05) is 19.7 Å². The molecule has 0 saturated carbocycles. The van der Waals surface area contributed by atoms with Crippen LogP contribution in [0, 0.1) is 0 Å². The molecule has 2 heterocycles. The summed E-state index contributed by atoms with van der Waals surface area (Å²) < 4.78 is 5.46. The molecule has 0 aromatic heterocycles.